The summed E-state index contributed by atoms with van der Waals surface area (Å²) >= 11 is 19.8. The molecule has 1 aromatic heterocycles. The predicted octanol–water partition coefficient (Wildman–Crippen LogP) is 7.20. The predicted molar refractivity (Wildman–Crippen MR) is 191 cm³/mol. The number of phenols is 1. The maximum Gasteiger partial charge on any atom is 0.414 e. The van der Waals surface area contributed by atoms with E-state index in [-0.39, 0.29) is 57.1 Å². The van der Waals surface area contributed by atoms with Gasteiger partial charge in [0, 0.05) is 28.8 Å². The molecule has 268 valence electrons. The number of carbonyl (C=O) groups excluding carboxylic acids is 1. The van der Waals surface area contributed by atoms with Gasteiger partial charge in [0.2, 0.25) is 12.4 Å². The number of hydrogen-bond acceptors (Lipinski definition) is 8. The highest BCUT2D eigenvalue weighted by Crippen LogP contribution is 2.40. The average Bonchev–Trinajstić information content (AvgIpc) is 3.11. The number of phenolic OH excluding ortho intramolecular Hbond substituents is 1. The van der Waals surface area contributed by atoms with E-state index in [1.165, 1.54) is 55.8 Å². The number of methoxy groups -OCH3 is 2. The van der Waals surface area contributed by atoms with E-state index < -0.39 is 18.0 Å². The lowest BCUT2D eigenvalue weighted by Crippen LogP contribution is -2.53. The molecule has 2 bridgehead atoms. The smallest absolute Gasteiger partial charge is 0.414 e. The molecule has 3 aliphatic rings. The van der Waals surface area contributed by atoms with Crippen molar-refractivity contribution in [2.75, 3.05) is 38.8 Å². The Kier molecular flexibility index (Phi) is 11.0. The third kappa shape index (κ3) is 7.92. The van der Waals surface area contributed by atoms with Gasteiger partial charge in [-0.15, -0.1) is 0 Å². The number of halogens is 3. The van der Waals surface area contributed by atoms with Crippen molar-refractivity contribution in [3.8, 4) is 17.2 Å². The molecule has 3 fully saturated rings. The maximum absolute atomic E-state index is 14.0. The lowest BCUT2D eigenvalue weighted by molar-refractivity contribution is -0.904. The van der Waals surface area contributed by atoms with Gasteiger partial charge in [0.05, 0.1) is 37.0 Å². The fourth-order valence-electron chi connectivity index (χ4n) is 6.99. The summed E-state index contributed by atoms with van der Waals surface area (Å²) in [5.74, 6) is -0.782. The molecule has 3 aliphatic heterocycles. The Balaban J connectivity index is 1.44. The summed E-state index contributed by atoms with van der Waals surface area (Å²) in [6.07, 6.45) is 3.66. The molecule has 3 N–H and O–H groups in total. The maximum atomic E-state index is 14.0. The number of rotatable bonds is 11. The number of aromatic carboxylic acids is 1. The van der Waals surface area contributed by atoms with Gasteiger partial charge in [-0.05, 0) is 85.3 Å². The Morgan fingerprint density at radius 1 is 0.941 bits per heavy atom. The lowest BCUT2D eigenvalue weighted by Gasteiger charge is -2.44. The molecule has 0 spiro atoms. The van der Waals surface area contributed by atoms with Crippen LogP contribution in [0.15, 0.2) is 67.0 Å². The zero-order valence-electron chi connectivity index (χ0n) is 27.9. The minimum absolute atomic E-state index is 0.00993. The largest absolute Gasteiger partial charge is 0.508 e. The minimum atomic E-state index is -1.17. The fraction of sp³-hybridized carbons (Fsp3) is 0.324. The van der Waals surface area contributed by atoms with E-state index in [1.807, 2.05) is 0 Å². The molecule has 51 heavy (non-hydrogen) atoms. The van der Waals surface area contributed by atoms with Crippen molar-refractivity contribution in [2.24, 2.45) is 5.92 Å². The number of aromatic nitrogens is 1. The lowest BCUT2D eigenvalue weighted by atomic mass is 9.82. The second kappa shape index (κ2) is 15.4. The molecule has 0 saturated carbocycles. The van der Waals surface area contributed by atoms with Crippen molar-refractivity contribution >= 4 is 52.6 Å². The number of anilines is 1. The number of carboxylic acid groups (broad SMARTS) is 1. The average molecular weight is 758 g/mol. The highest BCUT2D eigenvalue weighted by molar-refractivity contribution is 6.35. The normalized spacial score (nSPS) is 18.6. The second-order valence-corrected chi connectivity index (χ2v) is 13.9. The summed E-state index contributed by atoms with van der Waals surface area (Å²) in [5, 5.41) is 31.4. The molecule has 2 atom stereocenters. The molecule has 7 rings (SSSR count). The van der Waals surface area contributed by atoms with Crippen molar-refractivity contribution < 1.29 is 44.0 Å². The molecule has 0 unspecified atom stereocenters. The van der Waals surface area contributed by atoms with Crippen LogP contribution in [0.2, 0.25) is 15.1 Å². The second-order valence-electron chi connectivity index (χ2n) is 12.7. The number of hydrogen-bond donors (Lipinski definition) is 3. The Hall–Kier alpha value is -4.42. The molecule has 3 saturated heterocycles. The number of carbonyl (C=O) groups is 2. The van der Waals surface area contributed by atoms with Crippen LogP contribution in [0.3, 0.4) is 0 Å². The molecule has 3 aromatic carbocycles. The molecule has 4 aromatic rings. The van der Waals surface area contributed by atoms with Crippen LogP contribution in [0.5, 0.6) is 17.2 Å². The first-order valence-electron chi connectivity index (χ1n) is 16.3. The number of fused-ring (bicyclic) bond motifs is 3. The van der Waals surface area contributed by atoms with E-state index in [0.29, 0.717) is 40.3 Å². The quantitative estimate of drug-likeness (QED) is 0.107. The first-order chi connectivity index (χ1) is 24.4. The number of piperidine rings is 3. The van der Waals surface area contributed by atoms with Gasteiger partial charge < -0.3 is 24.4 Å². The number of pyridine rings is 1. The van der Waals surface area contributed by atoms with Gasteiger partial charge in [-0.25, -0.2) is 9.59 Å². The summed E-state index contributed by atoms with van der Waals surface area (Å²) in [7, 11) is 3.02. The SMILES string of the molecule is COc1ccc([C@H](Cc2c(Cl)c[n+](O)cc2Cl)c2cc(CN(C(=O)O[C@H]3CN4CCC3CC4)c3cc(O)ccc3Cl)ccc2C(=O)O)cc1OC. The molecule has 1 amide bonds. The van der Waals surface area contributed by atoms with Crippen LogP contribution in [-0.2, 0) is 17.7 Å². The summed E-state index contributed by atoms with van der Waals surface area (Å²) in [4.78, 5) is 30.4. The van der Waals surface area contributed by atoms with Crippen LogP contribution in [0.4, 0.5) is 10.5 Å². The topological polar surface area (TPSA) is 133 Å². The third-order valence-electron chi connectivity index (χ3n) is 9.64. The van der Waals surface area contributed by atoms with Crippen LogP contribution >= 0.6 is 34.8 Å². The Bertz CT molecular complexity index is 1930. The minimum Gasteiger partial charge on any atom is -0.508 e. The highest BCUT2D eigenvalue weighted by atomic mass is 35.5. The van der Waals surface area contributed by atoms with E-state index in [0.717, 1.165) is 30.7 Å². The fourth-order valence-corrected chi connectivity index (χ4v) is 7.81. The first-order valence-corrected chi connectivity index (χ1v) is 17.4. The van der Waals surface area contributed by atoms with Crippen molar-refractivity contribution in [3.63, 3.8) is 0 Å². The molecular formula is C37H37Cl3N3O8+. The van der Waals surface area contributed by atoms with Crippen LogP contribution in [-0.4, -0.2) is 72.3 Å². The third-order valence-corrected chi connectivity index (χ3v) is 10.6. The van der Waals surface area contributed by atoms with Gasteiger partial charge in [0.25, 0.3) is 0 Å². The monoisotopic (exact) mass is 756 g/mol. The van der Waals surface area contributed by atoms with Crippen LogP contribution in [0.1, 0.15) is 51.4 Å². The van der Waals surface area contributed by atoms with Crippen molar-refractivity contribution in [1.29, 1.82) is 0 Å². The highest BCUT2D eigenvalue weighted by Gasteiger charge is 2.38. The number of nitrogens with zero attached hydrogens (tertiary/aromatic N) is 3. The van der Waals surface area contributed by atoms with Crippen molar-refractivity contribution in [3.05, 3.63) is 110 Å². The van der Waals surface area contributed by atoms with Gasteiger partial charge in [-0.3, -0.25) is 15.0 Å². The number of amides is 1. The molecule has 0 aliphatic carbocycles. The number of ether oxygens (including phenoxy) is 3. The summed E-state index contributed by atoms with van der Waals surface area (Å²) in [5.41, 5.74) is 2.34. The molecule has 4 heterocycles. The van der Waals surface area contributed by atoms with E-state index in [4.69, 9.17) is 49.0 Å². The standard InChI is InChI=1S/C37H36Cl3N3O8/c1-49-33-8-4-23(14-34(33)50-2)26(16-28-30(39)18-42(48)19-31(28)40)27-13-21(3-6-25(27)36(45)46)17-43(32-15-24(44)5-7-29(32)38)37(47)51-35-20-41-11-9-22(35)10-12-41/h3-8,13-15,18-19,22,26,35H,9-12,16-17,20H2,1-2H3,(H2-,44,45,46,48)/p+1/t26-,35-/m0/s1. The van der Waals surface area contributed by atoms with Gasteiger partial charge in [-0.2, -0.15) is 0 Å². The van der Waals surface area contributed by atoms with Gasteiger partial charge in [0.15, 0.2) is 11.5 Å². The van der Waals surface area contributed by atoms with Crippen molar-refractivity contribution in [2.45, 2.75) is 37.8 Å². The van der Waals surface area contributed by atoms with Gasteiger partial charge >= 0.3 is 12.1 Å². The number of aromatic hydroxyl groups is 1. The van der Waals surface area contributed by atoms with E-state index in [9.17, 15) is 25.0 Å². The Morgan fingerprint density at radius 2 is 1.65 bits per heavy atom. The van der Waals surface area contributed by atoms with Crippen LogP contribution < -0.4 is 19.1 Å². The summed E-state index contributed by atoms with van der Waals surface area (Å²) < 4.78 is 17.9. The summed E-state index contributed by atoms with van der Waals surface area (Å²) in [6, 6.07) is 14.4. The molecular weight excluding hydrogens is 721 g/mol. The van der Waals surface area contributed by atoms with Crippen molar-refractivity contribution in [1.82, 2.24) is 4.90 Å². The molecule has 11 nitrogen and oxygen atoms in total. The van der Waals surface area contributed by atoms with E-state index in [2.05, 4.69) is 4.90 Å². The number of benzene rings is 3. The van der Waals surface area contributed by atoms with Gasteiger partial charge in [0.1, 0.15) is 21.9 Å². The zero-order chi connectivity index (χ0) is 36.4. The van der Waals surface area contributed by atoms with Crippen LogP contribution in [0, 0.1) is 5.92 Å². The van der Waals surface area contributed by atoms with E-state index >= 15 is 0 Å². The summed E-state index contributed by atoms with van der Waals surface area (Å²) in [6.45, 7) is 2.52. The van der Waals surface area contributed by atoms with Gasteiger partial charge in [-0.1, -0.05) is 53.0 Å². The van der Waals surface area contributed by atoms with E-state index in [1.54, 1.807) is 30.3 Å². The zero-order valence-corrected chi connectivity index (χ0v) is 30.2. The first kappa shape index (κ1) is 36.4. The Morgan fingerprint density at radius 3 is 2.27 bits per heavy atom. The molecule has 0 radical (unpaired) electrons. The molecule has 14 heteroatoms. The number of carboxylic acids is 1. The van der Waals surface area contributed by atoms with Crippen LogP contribution in [0.25, 0.3) is 0 Å². The Labute approximate surface area is 310 Å².